The van der Waals surface area contributed by atoms with Gasteiger partial charge in [0.2, 0.25) is 0 Å². The summed E-state index contributed by atoms with van der Waals surface area (Å²) in [5, 5.41) is 2.40. The Balaban J connectivity index is 1.16. The van der Waals surface area contributed by atoms with Crippen LogP contribution < -0.4 is 14.5 Å². The molecular formula is C60H62N2O. The van der Waals surface area contributed by atoms with Crippen LogP contribution in [0.25, 0.3) is 10.8 Å². The monoisotopic (exact) mass is 826 g/mol. The molecule has 1 spiro atoms. The highest BCUT2D eigenvalue weighted by atomic mass is 16.5. The van der Waals surface area contributed by atoms with Crippen molar-refractivity contribution in [2.45, 2.75) is 104 Å². The molecule has 7 aromatic carbocycles. The summed E-state index contributed by atoms with van der Waals surface area (Å²) in [5.41, 5.74) is 15.0. The molecule has 0 N–H and O–H groups in total. The molecule has 3 nitrogen and oxygen atoms in total. The van der Waals surface area contributed by atoms with E-state index in [1.165, 1.54) is 110 Å². The first-order valence-corrected chi connectivity index (χ1v) is 23.6. The molecule has 4 aliphatic carbocycles. The van der Waals surface area contributed by atoms with Crippen LogP contribution in [-0.4, -0.2) is 0 Å². The Labute approximate surface area is 375 Å². The van der Waals surface area contributed by atoms with E-state index in [0.29, 0.717) is 11.8 Å². The van der Waals surface area contributed by atoms with Crippen LogP contribution in [0, 0.1) is 37.5 Å². The summed E-state index contributed by atoms with van der Waals surface area (Å²) in [7, 11) is 0. The van der Waals surface area contributed by atoms with Crippen LogP contribution in [0.15, 0.2) is 146 Å². The Kier molecular flexibility index (Phi) is 9.29. The van der Waals surface area contributed by atoms with Crippen molar-refractivity contribution in [3.05, 3.63) is 179 Å². The Morgan fingerprint density at radius 1 is 0.460 bits per heavy atom. The van der Waals surface area contributed by atoms with Crippen molar-refractivity contribution < 1.29 is 4.74 Å². The maximum absolute atomic E-state index is 7.42. The zero-order chi connectivity index (χ0) is 43.4. The van der Waals surface area contributed by atoms with Crippen LogP contribution in [0.4, 0.5) is 34.1 Å². The van der Waals surface area contributed by atoms with Gasteiger partial charge in [-0.05, 0) is 176 Å². The first kappa shape index (κ1) is 40.0. The molecule has 4 saturated carbocycles. The van der Waals surface area contributed by atoms with Gasteiger partial charge < -0.3 is 14.5 Å². The van der Waals surface area contributed by atoms with Crippen LogP contribution in [0.3, 0.4) is 0 Å². The number of nitrogens with zero attached hydrogens (tertiary/aromatic N) is 2. The summed E-state index contributed by atoms with van der Waals surface area (Å²) in [4.78, 5) is 5.00. The number of hydrogen-bond donors (Lipinski definition) is 0. The van der Waals surface area contributed by atoms with E-state index in [1.54, 1.807) is 0 Å². The van der Waals surface area contributed by atoms with Crippen molar-refractivity contribution in [3.8, 4) is 11.5 Å². The number of aryl methyl sites for hydroxylation is 2. The van der Waals surface area contributed by atoms with E-state index >= 15 is 0 Å². The lowest BCUT2D eigenvalue weighted by atomic mass is 9.41. The van der Waals surface area contributed by atoms with E-state index in [1.807, 2.05) is 0 Å². The molecule has 0 radical (unpaired) electrons. The molecule has 4 fully saturated rings. The first-order valence-electron chi connectivity index (χ1n) is 23.6. The largest absolute Gasteiger partial charge is 0.456 e. The average Bonchev–Trinajstić information content (AvgIpc) is 3.25. The van der Waals surface area contributed by atoms with Gasteiger partial charge >= 0.3 is 0 Å². The van der Waals surface area contributed by atoms with Crippen molar-refractivity contribution in [2.24, 2.45) is 23.7 Å². The van der Waals surface area contributed by atoms with E-state index in [0.717, 1.165) is 23.3 Å². The molecule has 0 saturated heterocycles. The molecule has 0 aromatic heterocycles. The number of benzene rings is 7. The van der Waals surface area contributed by atoms with Gasteiger partial charge in [-0.15, -0.1) is 0 Å². The van der Waals surface area contributed by atoms with Gasteiger partial charge in [0.15, 0.2) is 0 Å². The van der Waals surface area contributed by atoms with Gasteiger partial charge in [0.05, 0.1) is 5.69 Å². The molecule has 318 valence electrons. The lowest BCUT2D eigenvalue weighted by Crippen LogP contribution is -2.57. The third-order valence-electron chi connectivity index (χ3n) is 15.5. The van der Waals surface area contributed by atoms with Crippen LogP contribution in [-0.2, 0) is 16.2 Å². The third kappa shape index (κ3) is 6.60. The van der Waals surface area contributed by atoms with E-state index in [9.17, 15) is 0 Å². The Hall–Kier alpha value is -5.80. The van der Waals surface area contributed by atoms with E-state index in [2.05, 4.69) is 211 Å². The fourth-order valence-electron chi connectivity index (χ4n) is 12.7. The Morgan fingerprint density at radius 2 is 0.952 bits per heavy atom. The lowest BCUT2D eigenvalue weighted by Gasteiger charge is -2.63. The molecule has 5 aliphatic rings. The number of anilines is 6. The van der Waals surface area contributed by atoms with Gasteiger partial charge in [-0.25, -0.2) is 0 Å². The molecule has 1 aliphatic heterocycles. The van der Waals surface area contributed by atoms with Gasteiger partial charge in [-0.2, -0.15) is 0 Å². The zero-order valence-electron chi connectivity index (χ0n) is 38.5. The van der Waals surface area contributed by atoms with E-state index in [4.69, 9.17) is 4.74 Å². The van der Waals surface area contributed by atoms with Crippen molar-refractivity contribution in [3.63, 3.8) is 0 Å². The van der Waals surface area contributed by atoms with Crippen LogP contribution in [0.1, 0.15) is 107 Å². The third-order valence-corrected chi connectivity index (χ3v) is 15.5. The molecule has 4 bridgehead atoms. The summed E-state index contributed by atoms with van der Waals surface area (Å²) in [6, 6.07) is 55.4. The molecule has 12 rings (SSSR count). The highest BCUT2D eigenvalue weighted by molar-refractivity contribution is 6.04. The van der Waals surface area contributed by atoms with E-state index < -0.39 is 0 Å². The topological polar surface area (TPSA) is 15.7 Å². The first-order chi connectivity index (χ1) is 30.3. The summed E-state index contributed by atoms with van der Waals surface area (Å²) >= 11 is 0. The second-order valence-corrected chi connectivity index (χ2v) is 21.7. The SMILES string of the molecule is Cc1cccc(N(c2ccc(C(C)(C)C)cc2)c2ccc3c(c2)C2(c4cc(N(c5ccc(C(C)(C)C)cc5)c5cccc(C)c5)c5ccccc5c4O3)C3CC4CC(C3)CC2C4)c1. The molecule has 7 aromatic rings. The second-order valence-electron chi connectivity index (χ2n) is 21.7. The predicted octanol–water partition coefficient (Wildman–Crippen LogP) is 16.8. The minimum absolute atomic E-state index is 0.0610. The van der Waals surface area contributed by atoms with Gasteiger partial charge in [-0.3, -0.25) is 0 Å². The zero-order valence-corrected chi connectivity index (χ0v) is 38.5. The molecule has 0 amide bonds. The quantitative estimate of drug-likeness (QED) is 0.166. The maximum Gasteiger partial charge on any atom is 0.139 e. The van der Waals surface area contributed by atoms with Crippen LogP contribution >= 0.6 is 0 Å². The second kappa shape index (κ2) is 14.6. The fourth-order valence-corrected chi connectivity index (χ4v) is 12.7. The summed E-state index contributed by atoms with van der Waals surface area (Å²) in [5.74, 6) is 4.78. The van der Waals surface area contributed by atoms with Crippen molar-refractivity contribution >= 4 is 44.9 Å². The van der Waals surface area contributed by atoms with Crippen LogP contribution in [0.5, 0.6) is 11.5 Å². The number of fused-ring (bicyclic) bond motifs is 4. The summed E-state index contributed by atoms with van der Waals surface area (Å²) in [6.07, 6.45) is 6.53. The highest BCUT2D eigenvalue weighted by Crippen LogP contribution is 2.70. The minimum Gasteiger partial charge on any atom is -0.456 e. The smallest absolute Gasteiger partial charge is 0.139 e. The number of rotatable bonds is 6. The minimum atomic E-state index is -0.187. The average molecular weight is 827 g/mol. The molecule has 0 unspecified atom stereocenters. The fraction of sp³-hybridized carbons (Fsp3) is 0.333. The predicted molar refractivity (Wildman–Crippen MR) is 265 cm³/mol. The van der Waals surface area contributed by atoms with Crippen molar-refractivity contribution in [2.75, 3.05) is 9.80 Å². The van der Waals surface area contributed by atoms with Crippen molar-refractivity contribution in [1.29, 1.82) is 0 Å². The van der Waals surface area contributed by atoms with Gasteiger partial charge in [-0.1, -0.05) is 114 Å². The number of hydrogen-bond acceptors (Lipinski definition) is 3. The normalized spacial score (nSPS) is 22.2. The van der Waals surface area contributed by atoms with Gasteiger partial charge in [0, 0.05) is 55.8 Å². The van der Waals surface area contributed by atoms with Gasteiger partial charge in [0.25, 0.3) is 0 Å². The van der Waals surface area contributed by atoms with E-state index in [-0.39, 0.29) is 16.2 Å². The Morgan fingerprint density at radius 3 is 1.49 bits per heavy atom. The molecule has 3 heteroatoms. The summed E-state index contributed by atoms with van der Waals surface area (Å²) < 4.78 is 7.42. The number of ether oxygens (including phenoxy) is 1. The molecule has 1 heterocycles. The van der Waals surface area contributed by atoms with Gasteiger partial charge in [0.1, 0.15) is 11.5 Å². The standard InChI is InChI=1S/C60H62N2O/c1-38-13-11-15-48(29-38)61(46-23-19-42(20-24-46)58(3,4)5)50-27-28-56-53(36-50)60(44-32-40-31-41(34-44)35-45(60)33-40)54-37-55(51-17-9-10-18-52(51)57(54)63-56)62(49-16-12-14-39(2)30-49)47-25-21-43(22-26-47)59(6,7)8/h9-30,36-37,40-41,44-45H,31-35H2,1-8H3. The van der Waals surface area contributed by atoms with Crippen LogP contribution in [0.2, 0.25) is 0 Å². The lowest BCUT2D eigenvalue weighted by molar-refractivity contribution is -0.0450. The Bertz CT molecular complexity index is 2840. The molecule has 0 atom stereocenters. The van der Waals surface area contributed by atoms with Crippen molar-refractivity contribution in [1.82, 2.24) is 0 Å². The molecular weight excluding hydrogens is 765 g/mol. The highest BCUT2D eigenvalue weighted by Gasteiger charge is 2.61. The molecule has 63 heavy (non-hydrogen) atoms. The summed E-state index contributed by atoms with van der Waals surface area (Å²) in [6.45, 7) is 18.2. The maximum atomic E-state index is 7.42.